The summed E-state index contributed by atoms with van der Waals surface area (Å²) in [6.07, 6.45) is 0.440. The second-order valence-corrected chi connectivity index (χ2v) is 4.66. The Bertz CT molecular complexity index is 501. The monoisotopic (exact) mass is 262 g/mol. The number of amides is 1. The first-order valence-electron chi connectivity index (χ1n) is 6.43. The summed E-state index contributed by atoms with van der Waals surface area (Å²) in [5.41, 5.74) is 1.82. The molecule has 5 nitrogen and oxygen atoms in total. The van der Waals surface area contributed by atoms with E-state index in [1.54, 1.807) is 11.8 Å². The van der Waals surface area contributed by atoms with E-state index in [9.17, 15) is 14.7 Å². The highest BCUT2D eigenvalue weighted by Gasteiger charge is 2.38. The van der Waals surface area contributed by atoms with E-state index in [0.717, 1.165) is 11.3 Å². The van der Waals surface area contributed by atoms with Crippen molar-refractivity contribution >= 4 is 17.6 Å². The number of rotatable bonds is 4. The highest BCUT2D eigenvalue weighted by atomic mass is 16.4. The van der Waals surface area contributed by atoms with Crippen molar-refractivity contribution in [1.29, 1.82) is 0 Å². The molecule has 0 radical (unpaired) electrons. The standard InChI is InChI=1S/C14H18N2O3/c1-3-15-13(17)9(2)16-11-7-5-4-6-10(11)8-12(16)14(18)19/h4-7,9,12H,3,8H2,1-2H3,(H,15,17)(H,18,19). The lowest BCUT2D eigenvalue weighted by Gasteiger charge is -2.30. The van der Waals surface area contributed by atoms with Crippen LogP contribution >= 0.6 is 0 Å². The highest BCUT2D eigenvalue weighted by Crippen LogP contribution is 2.33. The van der Waals surface area contributed by atoms with Crippen LogP contribution < -0.4 is 10.2 Å². The van der Waals surface area contributed by atoms with Crippen LogP contribution in [0.3, 0.4) is 0 Å². The normalized spacial score (nSPS) is 18.8. The minimum absolute atomic E-state index is 0.148. The van der Waals surface area contributed by atoms with Crippen LogP contribution in [0, 0.1) is 0 Å². The summed E-state index contributed by atoms with van der Waals surface area (Å²) in [6, 6.07) is 6.36. The number of fused-ring (bicyclic) bond motifs is 1. The zero-order chi connectivity index (χ0) is 14.0. The minimum atomic E-state index is -0.896. The van der Waals surface area contributed by atoms with Crippen LogP contribution in [0.15, 0.2) is 24.3 Å². The third kappa shape index (κ3) is 2.41. The van der Waals surface area contributed by atoms with Crippen molar-refractivity contribution in [2.75, 3.05) is 11.4 Å². The quantitative estimate of drug-likeness (QED) is 0.850. The molecule has 5 heteroatoms. The van der Waals surface area contributed by atoms with Gasteiger partial charge in [0.2, 0.25) is 5.91 Å². The maximum Gasteiger partial charge on any atom is 0.326 e. The van der Waals surface area contributed by atoms with Gasteiger partial charge in [-0.3, -0.25) is 4.79 Å². The molecule has 1 heterocycles. The van der Waals surface area contributed by atoms with Gasteiger partial charge in [0, 0.05) is 18.7 Å². The zero-order valence-corrected chi connectivity index (χ0v) is 11.1. The van der Waals surface area contributed by atoms with Crippen LogP contribution in [-0.2, 0) is 16.0 Å². The van der Waals surface area contributed by atoms with Crippen molar-refractivity contribution in [3.05, 3.63) is 29.8 Å². The zero-order valence-electron chi connectivity index (χ0n) is 11.1. The second kappa shape index (κ2) is 5.30. The van der Waals surface area contributed by atoms with E-state index < -0.39 is 18.1 Å². The number of hydrogen-bond acceptors (Lipinski definition) is 3. The summed E-state index contributed by atoms with van der Waals surface area (Å²) < 4.78 is 0. The molecule has 0 aromatic heterocycles. The SMILES string of the molecule is CCNC(=O)C(C)N1c2ccccc2CC1C(=O)O. The Balaban J connectivity index is 2.33. The molecule has 2 unspecified atom stereocenters. The van der Waals surface area contributed by atoms with Crippen molar-refractivity contribution in [1.82, 2.24) is 5.32 Å². The Kier molecular flexibility index (Phi) is 3.74. The number of benzene rings is 1. The van der Waals surface area contributed by atoms with E-state index in [4.69, 9.17) is 0 Å². The molecule has 1 aliphatic heterocycles. The summed E-state index contributed by atoms with van der Waals surface area (Å²) in [5.74, 6) is -1.04. The van der Waals surface area contributed by atoms with Crippen LogP contribution in [-0.4, -0.2) is 35.6 Å². The van der Waals surface area contributed by atoms with Crippen molar-refractivity contribution in [2.45, 2.75) is 32.4 Å². The Hall–Kier alpha value is -2.04. The molecule has 0 fully saturated rings. The molecule has 0 saturated carbocycles. The lowest BCUT2D eigenvalue weighted by Crippen LogP contribution is -2.51. The van der Waals surface area contributed by atoms with Gasteiger partial charge in [-0.05, 0) is 25.5 Å². The Morgan fingerprint density at radius 3 is 2.79 bits per heavy atom. The summed E-state index contributed by atoms with van der Waals surface area (Å²) >= 11 is 0. The number of para-hydroxylation sites is 1. The molecule has 0 saturated heterocycles. The van der Waals surface area contributed by atoms with Gasteiger partial charge in [-0.15, -0.1) is 0 Å². The number of hydrogen-bond donors (Lipinski definition) is 2. The predicted molar refractivity (Wildman–Crippen MR) is 72.2 cm³/mol. The highest BCUT2D eigenvalue weighted by molar-refractivity contribution is 5.90. The average molecular weight is 262 g/mol. The smallest absolute Gasteiger partial charge is 0.326 e. The molecule has 1 aromatic carbocycles. The van der Waals surface area contributed by atoms with E-state index in [1.807, 2.05) is 31.2 Å². The van der Waals surface area contributed by atoms with Gasteiger partial charge in [0.15, 0.2) is 0 Å². The Morgan fingerprint density at radius 1 is 1.47 bits per heavy atom. The van der Waals surface area contributed by atoms with Gasteiger partial charge in [-0.2, -0.15) is 0 Å². The lowest BCUT2D eigenvalue weighted by molar-refractivity contribution is -0.138. The molecule has 1 amide bonds. The predicted octanol–water partition coefficient (Wildman–Crippen LogP) is 1.03. The fraction of sp³-hybridized carbons (Fsp3) is 0.429. The fourth-order valence-corrected chi connectivity index (χ4v) is 2.54. The van der Waals surface area contributed by atoms with Crippen molar-refractivity contribution in [3.63, 3.8) is 0 Å². The van der Waals surface area contributed by atoms with Crippen molar-refractivity contribution in [3.8, 4) is 0 Å². The summed E-state index contributed by atoms with van der Waals surface area (Å²) in [7, 11) is 0. The first-order valence-corrected chi connectivity index (χ1v) is 6.43. The van der Waals surface area contributed by atoms with Crippen molar-refractivity contribution < 1.29 is 14.7 Å². The van der Waals surface area contributed by atoms with Crippen LogP contribution in [0.1, 0.15) is 19.4 Å². The van der Waals surface area contributed by atoms with Gasteiger partial charge in [-0.1, -0.05) is 18.2 Å². The number of aliphatic carboxylic acids is 1. The number of likely N-dealkylation sites (N-methyl/N-ethyl adjacent to an activating group) is 1. The van der Waals surface area contributed by atoms with Gasteiger partial charge >= 0.3 is 5.97 Å². The number of carboxylic acid groups (broad SMARTS) is 1. The molecule has 2 N–H and O–H groups in total. The van der Waals surface area contributed by atoms with E-state index in [0.29, 0.717) is 13.0 Å². The number of carbonyl (C=O) groups excluding carboxylic acids is 1. The molecule has 19 heavy (non-hydrogen) atoms. The Morgan fingerprint density at radius 2 is 2.16 bits per heavy atom. The summed E-state index contributed by atoms with van der Waals surface area (Å²) in [6.45, 7) is 4.12. The molecule has 0 bridgehead atoms. The molecule has 1 aliphatic rings. The molecular formula is C14H18N2O3. The van der Waals surface area contributed by atoms with Crippen molar-refractivity contribution in [2.24, 2.45) is 0 Å². The molecule has 102 valence electrons. The van der Waals surface area contributed by atoms with Gasteiger partial charge < -0.3 is 15.3 Å². The number of nitrogens with one attached hydrogen (secondary N) is 1. The molecule has 0 aliphatic carbocycles. The van der Waals surface area contributed by atoms with Crippen LogP contribution in [0.5, 0.6) is 0 Å². The van der Waals surface area contributed by atoms with Crippen LogP contribution in [0.4, 0.5) is 5.69 Å². The van der Waals surface area contributed by atoms with Crippen LogP contribution in [0.25, 0.3) is 0 Å². The molecular weight excluding hydrogens is 244 g/mol. The topological polar surface area (TPSA) is 69.6 Å². The number of nitrogens with zero attached hydrogens (tertiary/aromatic N) is 1. The van der Waals surface area contributed by atoms with E-state index in [-0.39, 0.29) is 5.91 Å². The van der Waals surface area contributed by atoms with E-state index >= 15 is 0 Å². The lowest BCUT2D eigenvalue weighted by atomic mass is 10.1. The first kappa shape index (κ1) is 13.4. The fourth-order valence-electron chi connectivity index (χ4n) is 2.54. The number of carbonyl (C=O) groups is 2. The van der Waals surface area contributed by atoms with Crippen LogP contribution in [0.2, 0.25) is 0 Å². The summed E-state index contributed by atoms with van der Waals surface area (Å²) in [5, 5.41) is 12.1. The van der Waals surface area contributed by atoms with Gasteiger partial charge in [0.1, 0.15) is 12.1 Å². The number of anilines is 1. The van der Waals surface area contributed by atoms with Gasteiger partial charge in [0.25, 0.3) is 0 Å². The first-order chi connectivity index (χ1) is 9.06. The maximum atomic E-state index is 12.0. The van der Waals surface area contributed by atoms with Gasteiger partial charge in [0.05, 0.1) is 0 Å². The molecule has 2 rings (SSSR count). The van der Waals surface area contributed by atoms with E-state index in [2.05, 4.69) is 5.32 Å². The third-order valence-electron chi connectivity index (χ3n) is 3.45. The average Bonchev–Trinajstić information content (AvgIpc) is 2.77. The second-order valence-electron chi connectivity index (χ2n) is 4.66. The third-order valence-corrected chi connectivity index (χ3v) is 3.45. The Labute approximate surface area is 112 Å². The number of carboxylic acids is 1. The van der Waals surface area contributed by atoms with Gasteiger partial charge in [-0.25, -0.2) is 4.79 Å². The minimum Gasteiger partial charge on any atom is -0.480 e. The largest absolute Gasteiger partial charge is 0.480 e. The summed E-state index contributed by atoms with van der Waals surface area (Å²) in [4.78, 5) is 25.1. The molecule has 0 spiro atoms. The molecule has 1 aromatic rings. The molecule has 2 atom stereocenters. The van der Waals surface area contributed by atoms with E-state index in [1.165, 1.54) is 0 Å². The maximum absolute atomic E-state index is 12.0.